The number of amides is 1. The highest BCUT2D eigenvalue weighted by Gasteiger charge is 2.09. The van der Waals surface area contributed by atoms with Crippen molar-refractivity contribution >= 4 is 33.2 Å². The molecule has 0 spiro atoms. The summed E-state index contributed by atoms with van der Waals surface area (Å²) in [4.78, 5) is 12.4. The van der Waals surface area contributed by atoms with Crippen LogP contribution < -0.4 is 5.32 Å². The minimum atomic E-state index is -0.0135. The van der Waals surface area contributed by atoms with Crippen LogP contribution in [0.3, 0.4) is 0 Å². The van der Waals surface area contributed by atoms with Crippen LogP contribution in [0.15, 0.2) is 15.9 Å². The monoisotopic (exact) mass is 319 g/mol. The Kier molecular flexibility index (Phi) is 7.48. The van der Waals surface area contributed by atoms with Crippen LogP contribution in [0.2, 0.25) is 0 Å². The van der Waals surface area contributed by atoms with E-state index in [1.54, 1.807) is 0 Å². The van der Waals surface area contributed by atoms with E-state index < -0.39 is 0 Å². The standard InChI is InChI=1S/C12H18BrNO2S/c1-2-3-7-16-8-4-6-14-12(15)11-10(13)5-9-17-11/h5,9H,2-4,6-8H2,1H3,(H,14,15). The van der Waals surface area contributed by atoms with Crippen molar-refractivity contribution < 1.29 is 9.53 Å². The molecule has 0 atom stereocenters. The molecule has 1 amide bonds. The van der Waals surface area contributed by atoms with E-state index >= 15 is 0 Å². The SMILES string of the molecule is CCCCOCCCNC(=O)c1sccc1Br. The fourth-order valence-electron chi connectivity index (χ4n) is 1.26. The molecule has 0 radical (unpaired) electrons. The normalized spacial score (nSPS) is 10.5. The molecule has 0 saturated carbocycles. The van der Waals surface area contributed by atoms with Gasteiger partial charge in [-0.15, -0.1) is 11.3 Å². The molecule has 0 aliphatic heterocycles. The molecule has 0 unspecified atom stereocenters. The smallest absolute Gasteiger partial charge is 0.262 e. The van der Waals surface area contributed by atoms with E-state index in [0.29, 0.717) is 13.2 Å². The van der Waals surface area contributed by atoms with Gasteiger partial charge in [-0.25, -0.2) is 0 Å². The second-order valence-electron chi connectivity index (χ2n) is 3.67. The Bertz CT molecular complexity index is 341. The minimum Gasteiger partial charge on any atom is -0.381 e. The van der Waals surface area contributed by atoms with Crippen LogP contribution in [0, 0.1) is 0 Å². The van der Waals surface area contributed by atoms with Crippen molar-refractivity contribution in [3.8, 4) is 0 Å². The zero-order chi connectivity index (χ0) is 12.5. The Balaban J connectivity index is 2.07. The first-order valence-corrected chi connectivity index (χ1v) is 7.52. The zero-order valence-electron chi connectivity index (χ0n) is 10.0. The van der Waals surface area contributed by atoms with Gasteiger partial charge in [0.15, 0.2) is 0 Å². The Morgan fingerprint density at radius 3 is 2.88 bits per heavy atom. The summed E-state index contributed by atoms with van der Waals surface area (Å²) in [7, 11) is 0. The Labute approximate surface area is 115 Å². The topological polar surface area (TPSA) is 38.3 Å². The van der Waals surface area contributed by atoms with Crippen molar-refractivity contribution in [3.63, 3.8) is 0 Å². The molecule has 1 aromatic heterocycles. The summed E-state index contributed by atoms with van der Waals surface area (Å²) in [6, 6.07) is 1.88. The summed E-state index contributed by atoms with van der Waals surface area (Å²) < 4.78 is 6.27. The average Bonchev–Trinajstić information content (AvgIpc) is 2.74. The average molecular weight is 320 g/mol. The van der Waals surface area contributed by atoms with E-state index in [1.807, 2.05) is 11.4 Å². The third-order valence-corrected chi connectivity index (χ3v) is 4.05. The lowest BCUT2D eigenvalue weighted by molar-refractivity contribution is 0.0943. The molecule has 0 aromatic carbocycles. The number of nitrogens with one attached hydrogen (secondary N) is 1. The van der Waals surface area contributed by atoms with Gasteiger partial charge in [-0.3, -0.25) is 4.79 Å². The molecular formula is C12H18BrNO2S. The predicted molar refractivity (Wildman–Crippen MR) is 74.7 cm³/mol. The molecule has 0 bridgehead atoms. The van der Waals surface area contributed by atoms with E-state index in [-0.39, 0.29) is 5.91 Å². The van der Waals surface area contributed by atoms with Gasteiger partial charge in [0.05, 0.1) is 0 Å². The molecule has 1 heterocycles. The first kappa shape index (κ1) is 14.7. The van der Waals surface area contributed by atoms with Gasteiger partial charge >= 0.3 is 0 Å². The summed E-state index contributed by atoms with van der Waals surface area (Å²) >= 11 is 4.79. The molecule has 1 aromatic rings. The van der Waals surface area contributed by atoms with Gasteiger partial charge in [-0.2, -0.15) is 0 Å². The molecule has 0 aliphatic rings. The van der Waals surface area contributed by atoms with Crippen LogP contribution >= 0.6 is 27.3 Å². The maximum absolute atomic E-state index is 11.7. The lowest BCUT2D eigenvalue weighted by atomic mass is 10.3. The number of rotatable bonds is 8. The van der Waals surface area contributed by atoms with Crippen LogP contribution in [0.4, 0.5) is 0 Å². The van der Waals surface area contributed by atoms with Crippen molar-refractivity contribution in [2.45, 2.75) is 26.2 Å². The Hall–Kier alpha value is -0.390. The summed E-state index contributed by atoms with van der Waals surface area (Å²) in [5.74, 6) is -0.0135. The van der Waals surface area contributed by atoms with Gasteiger partial charge in [-0.05, 0) is 40.2 Å². The predicted octanol–water partition coefficient (Wildman–Crippen LogP) is 3.45. The summed E-state index contributed by atoms with van der Waals surface area (Å²) in [5, 5.41) is 4.77. The van der Waals surface area contributed by atoms with Gasteiger partial charge in [0, 0.05) is 24.2 Å². The van der Waals surface area contributed by atoms with Gasteiger partial charge in [-0.1, -0.05) is 13.3 Å². The highest BCUT2D eigenvalue weighted by molar-refractivity contribution is 9.10. The van der Waals surface area contributed by atoms with Gasteiger partial charge in [0.1, 0.15) is 4.88 Å². The molecule has 1 N–H and O–H groups in total. The summed E-state index contributed by atoms with van der Waals surface area (Å²) in [6.07, 6.45) is 3.12. The molecule has 5 heteroatoms. The minimum absolute atomic E-state index is 0.0135. The van der Waals surface area contributed by atoms with Crippen molar-refractivity contribution in [2.75, 3.05) is 19.8 Å². The van der Waals surface area contributed by atoms with Crippen LogP contribution in [0.1, 0.15) is 35.9 Å². The third kappa shape index (κ3) is 5.66. The van der Waals surface area contributed by atoms with Crippen molar-refractivity contribution in [2.24, 2.45) is 0 Å². The Morgan fingerprint density at radius 2 is 2.24 bits per heavy atom. The number of hydrogen-bond donors (Lipinski definition) is 1. The second-order valence-corrected chi connectivity index (χ2v) is 5.44. The number of thiophene rings is 1. The van der Waals surface area contributed by atoms with Crippen LogP contribution in [-0.2, 0) is 4.74 Å². The molecular weight excluding hydrogens is 302 g/mol. The number of carbonyl (C=O) groups is 1. The highest BCUT2D eigenvalue weighted by Crippen LogP contribution is 2.22. The third-order valence-electron chi connectivity index (χ3n) is 2.22. The highest BCUT2D eigenvalue weighted by atomic mass is 79.9. The van der Waals surface area contributed by atoms with Crippen LogP contribution in [0.25, 0.3) is 0 Å². The first-order valence-electron chi connectivity index (χ1n) is 5.84. The lowest BCUT2D eigenvalue weighted by Gasteiger charge is -2.05. The number of unbranched alkanes of at least 4 members (excludes halogenated alkanes) is 1. The largest absolute Gasteiger partial charge is 0.381 e. The molecule has 0 fully saturated rings. The van der Waals surface area contributed by atoms with Crippen LogP contribution in [0.5, 0.6) is 0 Å². The fourth-order valence-corrected chi connectivity index (χ4v) is 2.73. The molecule has 3 nitrogen and oxygen atoms in total. The molecule has 96 valence electrons. The lowest BCUT2D eigenvalue weighted by Crippen LogP contribution is -2.24. The van der Waals surface area contributed by atoms with E-state index in [0.717, 1.165) is 35.2 Å². The van der Waals surface area contributed by atoms with Crippen molar-refractivity contribution in [3.05, 3.63) is 20.8 Å². The van der Waals surface area contributed by atoms with Crippen LogP contribution in [-0.4, -0.2) is 25.7 Å². The Morgan fingerprint density at radius 1 is 1.47 bits per heavy atom. The quantitative estimate of drug-likeness (QED) is 0.745. The van der Waals surface area contributed by atoms with Crippen molar-refractivity contribution in [1.82, 2.24) is 5.32 Å². The van der Waals surface area contributed by atoms with Crippen molar-refractivity contribution in [1.29, 1.82) is 0 Å². The molecule has 0 aliphatic carbocycles. The fraction of sp³-hybridized carbons (Fsp3) is 0.583. The van der Waals surface area contributed by atoms with E-state index in [1.165, 1.54) is 11.3 Å². The van der Waals surface area contributed by atoms with Gasteiger partial charge < -0.3 is 10.1 Å². The van der Waals surface area contributed by atoms with E-state index in [4.69, 9.17) is 4.74 Å². The van der Waals surface area contributed by atoms with Gasteiger partial charge in [0.25, 0.3) is 5.91 Å². The van der Waals surface area contributed by atoms with Gasteiger partial charge in [0.2, 0.25) is 0 Å². The summed E-state index contributed by atoms with van der Waals surface area (Å²) in [5.41, 5.74) is 0. The number of carbonyl (C=O) groups excluding carboxylic acids is 1. The zero-order valence-corrected chi connectivity index (χ0v) is 12.4. The first-order chi connectivity index (χ1) is 8.25. The van der Waals surface area contributed by atoms with E-state index in [9.17, 15) is 4.79 Å². The molecule has 1 rings (SSSR count). The number of ether oxygens (including phenoxy) is 1. The number of halogens is 1. The maximum Gasteiger partial charge on any atom is 0.262 e. The second kappa shape index (κ2) is 8.66. The van der Waals surface area contributed by atoms with E-state index in [2.05, 4.69) is 28.2 Å². The molecule has 17 heavy (non-hydrogen) atoms. The molecule has 0 saturated heterocycles. The summed E-state index contributed by atoms with van der Waals surface area (Å²) in [6.45, 7) is 4.34. The number of hydrogen-bond acceptors (Lipinski definition) is 3. The maximum atomic E-state index is 11.7.